The summed E-state index contributed by atoms with van der Waals surface area (Å²) in [6.07, 6.45) is 0. The molecule has 8 heteroatoms. The summed E-state index contributed by atoms with van der Waals surface area (Å²) in [6, 6.07) is 11.7. The van der Waals surface area contributed by atoms with Crippen LogP contribution in [0.2, 0.25) is 0 Å². The molecule has 0 heterocycles. The summed E-state index contributed by atoms with van der Waals surface area (Å²) in [7, 11) is 0.595. The monoisotopic (exact) mass is 378 g/mol. The summed E-state index contributed by atoms with van der Waals surface area (Å²) in [4.78, 5) is 11.2. The number of methoxy groups -OCH3 is 2. The number of nitrogens with zero attached hydrogens (tertiary/aromatic N) is 1. The van der Waals surface area contributed by atoms with Crippen LogP contribution in [0.25, 0.3) is 0 Å². The van der Waals surface area contributed by atoms with E-state index in [1.54, 1.807) is 31.4 Å². The van der Waals surface area contributed by atoms with Crippen molar-refractivity contribution in [1.29, 1.82) is 0 Å². The van der Waals surface area contributed by atoms with Gasteiger partial charge in [-0.05, 0) is 35.9 Å². The van der Waals surface area contributed by atoms with E-state index >= 15 is 0 Å². The third-order valence-corrected chi connectivity index (χ3v) is 5.54. The number of hydrogen-bond donors (Lipinski definition) is 1. The van der Waals surface area contributed by atoms with Gasteiger partial charge in [0.1, 0.15) is 16.4 Å². The van der Waals surface area contributed by atoms with Gasteiger partial charge in [0.25, 0.3) is 0 Å². The quantitative estimate of drug-likeness (QED) is 0.800. The van der Waals surface area contributed by atoms with Gasteiger partial charge in [0, 0.05) is 26.2 Å². The van der Waals surface area contributed by atoms with E-state index in [9.17, 15) is 13.2 Å². The first-order valence-corrected chi connectivity index (χ1v) is 9.27. The molecule has 26 heavy (non-hydrogen) atoms. The van der Waals surface area contributed by atoms with Crippen LogP contribution in [-0.4, -0.2) is 39.9 Å². The zero-order valence-corrected chi connectivity index (χ0v) is 16.0. The van der Waals surface area contributed by atoms with Gasteiger partial charge in [-0.15, -0.1) is 0 Å². The molecule has 140 valence electrons. The van der Waals surface area contributed by atoms with Gasteiger partial charge >= 0.3 is 0 Å². The number of carbonyl (C=O) groups excluding carboxylic acids is 1. The van der Waals surface area contributed by atoms with Crippen LogP contribution >= 0.6 is 0 Å². The maximum Gasteiger partial charge on any atom is 0.246 e. The first-order valence-electron chi connectivity index (χ1n) is 7.83. The maximum atomic E-state index is 13.0. The molecule has 7 nitrogen and oxygen atoms in total. The van der Waals surface area contributed by atoms with E-state index in [1.165, 1.54) is 37.5 Å². The first kappa shape index (κ1) is 19.7. The molecule has 0 fully saturated rings. The molecule has 2 rings (SSSR count). The number of rotatable bonds is 7. The molecule has 0 atom stereocenters. The van der Waals surface area contributed by atoms with Crippen molar-refractivity contribution in [2.45, 2.75) is 18.4 Å². The number of nitrogens with one attached hydrogen (secondary N) is 1. The molecule has 2 aromatic rings. The lowest BCUT2D eigenvalue weighted by Crippen LogP contribution is -2.27. The Morgan fingerprint density at radius 1 is 1.12 bits per heavy atom. The van der Waals surface area contributed by atoms with E-state index in [4.69, 9.17) is 9.47 Å². The molecular weight excluding hydrogens is 356 g/mol. The Bertz CT molecular complexity index is 896. The lowest BCUT2D eigenvalue weighted by molar-refractivity contribution is -0.114. The van der Waals surface area contributed by atoms with Gasteiger partial charge in [-0.3, -0.25) is 4.79 Å². The molecule has 0 aliphatic rings. The van der Waals surface area contributed by atoms with Gasteiger partial charge in [0.2, 0.25) is 15.9 Å². The van der Waals surface area contributed by atoms with Gasteiger partial charge in [-0.1, -0.05) is 12.1 Å². The van der Waals surface area contributed by atoms with Crippen LogP contribution in [0.5, 0.6) is 11.5 Å². The zero-order valence-electron chi connectivity index (χ0n) is 15.1. The highest BCUT2D eigenvalue weighted by atomic mass is 32.2. The lowest BCUT2D eigenvalue weighted by Gasteiger charge is -2.20. The molecule has 2 aromatic carbocycles. The summed E-state index contributed by atoms with van der Waals surface area (Å²) in [6.45, 7) is 1.51. The molecule has 1 amide bonds. The third kappa shape index (κ3) is 4.53. The summed E-state index contributed by atoms with van der Waals surface area (Å²) < 4.78 is 37.6. The normalized spacial score (nSPS) is 11.3. The van der Waals surface area contributed by atoms with Crippen LogP contribution in [-0.2, 0) is 21.4 Å². The topological polar surface area (TPSA) is 84.9 Å². The number of benzene rings is 2. The minimum absolute atomic E-state index is 0.0170. The fraction of sp³-hybridized carbons (Fsp3) is 0.278. The fourth-order valence-electron chi connectivity index (χ4n) is 2.44. The Labute approximate surface area is 153 Å². The number of anilines is 1. The Morgan fingerprint density at radius 3 is 2.46 bits per heavy atom. The highest BCUT2D eigenvalue weighted by Gasteiger charge is 2.25. The molecule has 0 aliphatic carbocycles. The van der Waals surface area contributed by atoms with Gasteiger partial charge in [0.05, 0.1) is 14.2 Å². The van der Waals surface area contributed by atoms with Crippen LogP contribution in [0.15, 0.2) is 47.4 Å². The molecule has 0 spiro atoms. The first-order chi connectivity index (χ1) is 12.3. The van der Waals surface area contributed by atoms with Crippen molar-refractivity contribution in [2.75, 3.05) is 26.6 Å². The van der Waals surface area contributed by atoms with Crippen molar-refractivity contribution in [3.8, 4) is 11.5 Å². The lowest BCUT2D eigenvalue weighted by atomic mass is 10.2. The number of sulfonamides is 1. The highest BCUT2D eigenvalue weighted by molar-refractivity contribution is 7.89. The molecule has 0 saturated heterocycles. The highest BCUT2D eigenvalue weighted by Crippen LogP contribution is 2.30. The molecule has 0 bridgehead atoms. The van der Waals surface area contributed by atoms with Gasteiger partial charge in [0.15, 0.2) is 0 Å². The smallest absolute Gasteiger partial charge is 0.246 e. The van der Waals surface area contributed by atoms with Crippen LogP contribution in [0.1, 0.15) is 12.5 Å². The second-order valence-electron chi connectivity index (χ2n) is 5.66. The summed E-state index contributed by atoms with van der Waals surface area (Å²) >= 11 is 0. The largest absolute Gasteiger partial charge is 0.497 e. The molecule has 1 N–H and O–H groups in total. The SMILES string of the molecule is COc1cccc(CN(C)S(=O)(=O)c2cc(NC(C)=O)ccc2OC)c1. The summed E-state index contributed by atoms with van der Waals surface area (Å²) in [5.74, 6) is 0.568. The summed E-state index contributed by atoms with van der Waals surface area (Å²) in [5, 5.41) is 2.58. The van der Waals surface area contributed by atoms with Crippen molar-refractivity contribution in [3.05, 3.63) is 48.0 Å². The van der Waals surface area contributed by atoms with E-state index in [2.05, 4.69) is 5.32 Å². The molecule has 0 aliphatic heterocycles. The van der Waals surface area contributed by atoms with Crippen LogP contribution in [0.3, 0.4) is 0 Å². The van der Waals surface area contributed by atoms with E-state index in [1.807, 2.05) is 6.07 Å². The van der Waals surface area contributed by atoms with Crippen molar-refractivity contribution < 1.29 is 22.7 Å². The molecule has 0 aromatic heterocycles. The second kappa shape index (κ2) is 8.20. The van der Waals surface area contributed by atoms with Crippen molar-refractivity contribution >= 4 is 21.6 Å². The Morgan fingerprint density at radius 2 is 1.85 bits per heavy atom. The maximum absolute atomic E-state index is 13.0. The number of ether oxygens (including phenoxy) is 2. The van der Waals surface area contributed by atoms with Crippen molar-refractivity contribution in [1.82, 2.24) is 4.31 Å². The van der Waals surface area contributed by atoms with Crippen molar-refractivity contribution in [2.24, 2.45) is 0 Å². The summed E-state index contributed by atoms with van der Waals surface area (Å²) in [5.41, 5.74) is 1.17. The van der Waals surface area contributed by atoms with Gasteiger partial charge < -0.3 is 14.8 Å². The van der Waals surface area contributed by atoms with Gasteiger partial charge in [-0.2, -0.15) is 4.31 Å². The predicted octanol–water partition coefficient (Wildman–Crippen LogP) is 2.48. The predicted molar refractivity (Wildman–Crippen MR) is 98.9 cm³/mol. The van der Waals surface area contributed by atoms with Crippen LogP contribution < -0.4 is 14.8 Å². The average Bonchev–Trinajstić information content (AvgIpc) is 2.61. The third-order valence-electron chi connectivity index (χ3n) is 3.71. The number of amides is 1. The standard InChI is InChI=1S/C18H22N2O5S/c1-13(21)19-15-8-9-17(25-4)18(11-15)26(22,23)20(2)12-14-6-5-7-16(10-14)24-3/h5-11H,12H2,1-4H3,(H,19,21). The van der Waals surface area contributed by atoms with Crippen molar-refractivity contribution in [3.63, 3.8) is 0 Å². The molecule has 0 radical (unpaired) electrons. The zero-order chi connectivity index (χ0) is 19.3. The number of carbonyl (C=O) groups is 1. The van der Waals surface area contributed by atoms with Crippen LogP contribution in [0, 0.1) is 0 Å². The Kier molecular flexibility index (Phi) is 6.23. The van der Waals surface area contributed by atoms with E-state index in [0.717, 1.165) is 5.56 Å². The van der Waals surface area contributed by atoms with E-state index in [-0.39, 0.29) is 23.1 Å². The fourth-order valence-corrected chi connectivity index (χ4v) is 3.78. The molecule has 0 saturated carbocycles. The Balaban J connectivity index is 2.36. The minimum Gasteiger partial charge on any atom is -0.497 e. The molecule has 0 unspecified atom stereocenters. The average molecular weight is 378 g/mol. The van der Waals surface area contributed by atoms with Gasteiger partial charge in [-0.25, -0.2) is 8.42 Å². The Hall–Kier alpha value is -2.58. The minimum atomic E-state index is -3.84. The van der Waals surface area contributed by atoms with E-state index in [0.29, 0.717) is 11.4 Å². The second-order valence-corrected chi connectivity index (χ2v) is 7.67. The number of hydrogen-bond acceptors (Lipinski definition) is 5. The molecular formula is C18H22N2O5S. The van der Waals surface area contributed by atoms with E-state index < -0.39 is 10.0 Å². The van der Waals surface area contributed by atoms with Crippen LogP contribution in [0.4, 0.5) is 5.69 Å².